The maximum absolute atomic E-state index is 11.5. The molecule has 0 spiro atoms. The largest absolute Gasteiger partial charge is 0.497 e. The van der Waals surface area contributed by atoms with Gasteiger partial charge in [0, 0.05) is 5.03 Å². The second-order valence-electron chi connectivity index (χ2n) is 2.01. The Hall–Kier alpha value is -0.210. The van der Waals surface area contributed by atoms with Crippen LogP contribution in [0, 0.1) is 0 Å². The molecule has 0 saturated heterocycles. The van der Waals surface area contributed by atoms with Crippen LogP contribution >= 0.6 is 23.2 Å². The first kappa shape index (κ1) is 11.8. The molecule has 0 aromatic carbocycles. The van der Waals surface area contributed by atoms with Crippen LogP contribution in [0.15, 0.2) is 22.4 Å². The summed E-state index contributed by atoms with van der Waals surface area (Å²) in [6, 6.07) is 0. The first-order valence-corrected chi connectivity index (χ1v) is 4.35. The van der Waals surface area contributed by atoms with E-state index in [9.17, 15) is 4.39 Å². The van der Waals surface area contributed by atoms with Crippen LogP contribution < -0.4 is 0 Å². The molecule has 0 bridgehead atoms. The van der Waals surface area contributed by atoms with E-state index in [0.29, 0.717) is 16.5 Å². The maximum Gasteiger partial charge on any atom is 0.123 e. The van der Waals surface area contributed by atoms with Crippen LogP contribution in [0.5, 0.6) is 0 Å². The van der Waals surface area contributed by atoms with Crippen molar-refractivity contribution in [2.24, 2.45) is 0 Å². The topological polar surface area (TPSA) is 9.23 Å². The standard InChI is InChI=1S/C8H11Cl2FO/c1-2-7(9)5-8(10)6-12-4-3-11/h5-6H,2-4H2,1H3/b7-5+,8-6+. The third kappa shape index (κ3) is 6.50. The van der Waals surface area contributed by atoms with E-state index in [-0.39, 0.29) is 6.61 Å². The quantitative estimate of drug-likeness (QED) is 0.385. The molecule has 70 valence electrons. The van der Waals surface area contributed by atoms with Gasteiger partial charge in [0.1, 0.15) is 19.5 Å². The van der Waals surface area contributed by atoms with E-state index >= 15 is 0 Å². The van der Waals surface area contributed by atoms with E-state index in [1.807, 2.05) is 6.92 Å². The van der Waals surface area contributed by atoms with Crippen molar-refractivity contribution in [3.05, 3.63) is 22.4 Å². The Balaban J connectivity index is 3.84. The summed E-state index contributed by atoms with van der Waals surface area (Å²) in [4.78, 5) is 0. The molecule has 0 unspecified atom stereocenters. The number of alkyl halides is 1. The van der Waals surface area contributed by atoms with Gasteiger partial charge in [0.25, 0.3) is 0 Å². The second-order valence-corrected chi connectivity index (χ2v) is 2.93. The lowest BCUT2D eigenvalue weighted by Crippen LogP contribution is -1.88. The Kier molecular flexibility index (Phi) is 7.31. The van der Waals surface area contributed by atoms with Crippen molar-refractivity contribution >= 4 is 23.2 Å². The molecule has 0 aliphatic carbocycles. The second kappa shape index (κ2) is 7.44. The van der Waals surface area contributed by atoms with E-state index in [4.69, 9.17) is 27.9 Å². The average Bonchev–Trinajstić information content (AvgIpc) is 2.05. The van der Waals surface area contributed by atoms with Gasteiger partial charge < -0.3 is 4.74 Å². The van der Waals surface area contributed by atoms with Crippen molar-refractivity contribution in [1.29, 1.82) is 0 Å². The highest BCUT2D eigenvalue weighted by Gasteiger charge is 1.90. The zero-order chi connectivity index (χ0) is 9.40. The molecule has 0 aromatic heterocycles. The molecule has 0 fully saturated rings. The first-order valence-electron chi connectivity index (χ1n) is 3.60. The lowest BCUT2D eigenvalue weighted by atomic mass is 10.4. The third-order valence-corrected chi connectivity index (χ3v) is 1.60. The van der Waals surface area contributed by atoms with E-state index in [0.717, 1.165) is 0 Å². The molecular formula is C8H11Cl2FO. The van der Waals surface area contributed by atoms with Gasteiger partial charge in [-0.3, -0.25) is 0 Å². The number of allylic oxidation sites excluding steroid dienone is 3. The molecule has 0 rings (SSSR count). The zero-order valence-electron chi connectivity index (χ0n) is 6.82. The van der Waals surface area contributed by atoms with E-state index < -0.39 is 6.67 Å². The Morgan fingerprint density at radius 2 is 2.17 bits per heavy atom. The average molecular weight is 213 g/mol. The van der Waals surface area contributed by atoms with Gasteiger partial charge in [-0.2, -0.15) is 0 Å². The summed E-state index contributed by atoms with van der Waals surface area (Å²) in [5.74, 6) is 0. The fourth-order valence-electron chi connectivity index (χ4n) is 0.469. The number of rotatable bonds is 5. The summed E-state index contributed by atoms with van der Waals surface area (Å²) in [6.07, 6.45) is 3.56. The summed E-state index contributed by atoms with van der Waals surface area (Å²) in [6.45, 7) is 1.41. The molecule has 0 saturated carbocycles. The smallest absolute Gasteiger partial charge is 0.123 e. The lowest BCUT2D eigenvalue weighted by molar-refractivity contribution is 0.218. The molecule has 0 radical (unpaired) electrons. The summed E-state index contributed by atoms with van der Waals surface area (Å²) >= 11 is 11.3. The van der Waals surface area contributed by atoms with Crippen molar-refractivity contribution in [3.63, 3.8) is 0 Å². The molecule has 0 aliphatic heterocycles. The van der Waals surface area contributed by atoms with Gasteiger partial charge in [0.2, 0.25) is 0 Å². The highest BCUT2D eigenvalue weighted by Crippen LogP contribution is 2.13. The third-order valence-electron chi connectivity index (χ3n) is 1.02. The molecule has 1 nitrogen and oxygen atoms in total. The van der Waals surface area contributed by atoms with Gasteiger partial charge in [-0.05, 0) is 12.5 Å². The minimum atomic E-state index is -0.522. The summed E-state index contributed by atoms with van der Waals surface area (Å²) in [5, 5.41) is 1.01. The van der Waals surface area contributed by atoms with Crippen LogP contribution in [0.1, 0.15) is 13.3 Å². The van der Waals surface area contributed by atoms with Crippen LogP contribution in [-0.4, -0.2) is 13.3 Å². The summed E-state index contributed by atoms with van der Waals surface area (Å²) in [7, 11) is 0. The maximum atomic E-state index is 11.5. The number of hydrogen-bond acceptors (Lipinski definition) is 1. The minimum Gasteiger partial charge on any atom is -0.497 e. The van der Waals surface area contributed by atoms with Crippen molar-refractivity contribution < 1.29 is 9.13 Å². The fraction of sp³-hybridized carbons (Fsp3) is 0.500. The Morgan fingerprint density at radius 3 is 2.67 bits per heavy atom. The number of halogens is 3. The fourth-order valence-corrected chi connectivity index (χ4v) is 0.837. The van der Waals surface area contributed by atoms with Crippen LogP contribution in [0.25, 0.3) is 0 Å². The molecule has 12 heavy (non-hydrogen) atoms. The molecule has 0 amide bonds. The van der Waals surface area contributed by atoms with Gasteiger partial charge in [-0.25, -0.2) is 4.39 Å². The molecule has 0 aromatic rings. The summed E-state index contributed by atoms with van der Waals surface area (Å²) < 4.78 is 16.3. The van der Waals surface area contributed by atoms with Crippen molar-refractivity contribution in [1.82, 2.24) is 0 Å². The highest BCUT2D eigenvalue weighted by molar-refractivity contribution is 6.34. The van der Waals surface area contributed by atoms with Crippen LogP contribution in [0.4, 0.5) is 4.39 Å². The van der Waals surface area contributed by atoms with Crippen molar-refractivity contribution in [2.45, 2.75) is 13.3 Å². The van der Waals surface area contributed by atoms with E-state index in [1.165, 1.54) is 6.26 Å². The molecule has 0 aliphatic rings. The van der Waals surface area contributed by atoms with Gasteiger partial charge in [-0.1, -0.05) is 30.1 Å². The first-order chi connectivity index (χ1) is 5.70. The zero-order valence-corrected chi connectivity index (χ0v) is 8.33. The van der Waals surface area contributed by atoms with Gasteiger partial charge >= 0.3 is 0 Å². The Labute approximate surface area is 81.8 Å². The number of hydrogen-bond donors (Lipinski definition) is 0. The molecule has 0 atom stereocenters. The van der Waals surface area contributed by atoms with Gasteiger partial charge in [0.05, 0.1) is 5.03 Å². The monoisotopic (exact) mass is 212 g/mol. The predicted molar refractivity (Wildman–Crippen MR) is 50.1 cm³/mol. The molecule has 0 heterocycles. The van der Waals surface area contributed by atoms with E-state index in [1.54, 1.807) is 6.08 Å². The molecule has 0 N–H and O–H groups in total. The van der Waals surface area contributed by atoms with Crippen LogP contribution in [0.2, 0.25) is 0 Å². The van der Waals surface area contributed by atoms with Gasteiger partial charge in [0.15, 0.2) is 0 Å². The highest BCUT2D eigenvalue weighted by atomic mass is 35.5. The minimum absolute atomic E-state index is 0.0216. The lowest BCUT2D eigenvalue weighted by Gasteiger charge is -1.96. The van der Waals surface area contributed by atoms with Crippen molar-refractivity contribution in [3.8, 4) is 0 Å². The Bertz CT molecular complexity index is 178. The van der Waals surface area contributed by atoms with Gasteiger partial charge in [-0.15, -0.1) is 0 Å². The predicted octanol–water partition coefficient (Wildman–Crippen LogP) is 3.59. The number of ether oxygens (including phenoxy) is 1. The molecular weight excluding hydrogens is 202 g/mol. The SMILES string of the molecule is CC/C(Cl)=C\C(Cl)=C/OCCF. The normalized spacial score (nSPS) is 13.3. The van der Waals surface area contributed by atoms with Crippen molar-refractivity contribution in [2.75, 3.05) is 13.3 Å². The summed E-state index contributed by atoms with van der Waals surface area (Å²) in [5.41, 5.74) is 0. The molecule has 4 heteroatoms. The van der Waals surface area contributed by atoms with Crippen LogP contribution in [0.3, 0.4) is 0 Å². The van der Waals surface area contributed by atoms with E-state index in [2.05, 4.69) is 0 Å². The Morgan fingerprint density at radius 1 is 1.50 bits per heavy atom. The van der Waals surface area contributed by atoms with Crippen LogP contribution in [-0.2, 0) is 4.74 Å².